The van der Waals surface area contributed by atoms with Crippen molar-refractivity contribution in [3.63, 3.8) is 0 Å². The summed E-state index contributed by atoms with van der Waals surface area (Å²) < 4.78 is 16.3. The topological polar surface area (TPSA) is 110 Å². The summed E-state index contributed by atoms with van der Waals surface area (Å²) in [6.45, 7) is 0.902. The first-order chi connectivity index (χ1) is 17.0. The number of para-hydroxylation sites is 1. The predicted octanol–water partition coefficient (Wildman–Crippen LogP) is 4.51. The Morgan fingerprint density at radius 3 is 2.77 bits per heavy atom. The number of H-pyrrole nitrogens is 1. The summed E-state index contributed by atoms with van der Waals surface area (Å²) >= 11 is 6.37. The summed E-state index contributed by atoms with van der Waals surface area (Å²) in [7, 11) is 4.76. The molecule has 0 saturated heterocycles. The van der Waals surface area contributed by atoms with E-state index in [4.69, 9.17) is 25.8 Å². The van der Waals surface area contributed by atoms with Gasteiger partial charge in [0, 0.05) is 43.1 Å². The number of aromatic nitrogens is 3. The van der Waals surface area contributed by atoms with Crippen LogP contribution in [0.2, 0.25) is 5.02 Å². The summed E-state index contributed by atoms with van der Waals surface area (Å²) in [5.74, 6) is 0.685. The second-order valence-corrected chi connectivity index (χ2v) is 8.46. The van der Waals surface area contributed by atoms with Gasteiger partial charge in [0.25, 0.3) is 5.91 Å². The summed E-state index contributed by atoms with van der Waals surface area (Å²) in [6, 6.07) is 10.9. The Balaban J connectivity index is 1.78. The maximum Gasteiger partial charge on any atom is 0.255 e. The number of nitrogens with zero attached hydrogens (tertiary/aromatic N) is 2. The molecule has 1 aliphatic rings. The van der Waals surface area contributed by atoms with Crippen molar-refractivity contribution in [2.24, 2.45) is 0 Å². The molecule has 1 amide bonds. The van der Waals surface area contributed by atoms with Crippen molar-refractivity contribution in [2.45, 2.75) is 5.92 Å². The lowest BCUT2D eigenvalue weighted by atomic mass is 9.97. The highest BCUT2D eigenvalue weighted by atomic mass is 35.5. The van der Waals surface area contributed by atoms with E-state index in [1.165, 1.54) is 0 Å². The molecule has 4 heterocycles. The average Bonchev–Trinajstić information content (AvgIpc) is 3.25. The van der Waals surface area contributed by atoms with Gasteiger partial charge in [-0.25, -0.2) is 4.98 Å². The first kappa shape index (κ1) is 22.9. The zero-order valence-electron chi connectivity index (χ0n) is 19.4. The molecule has 0 spiro atoms. The highest BCUT2D eigenvalue weighted by molar-refractivity contribution is 6.32. The quantitative estimate of drug-likeness (QED) is 0.347. The monoisotopic (exact) mass is 493 g/mol. The van der Waals surface area contributed by atoms with E-state index in [-0.39, 0.29) is 11.8 Å². The van der Waals surface area contributed by atoms with E-state index in [1.807, 2.05) is 24.3 Å². The molecular weight excluding hydrogens is 470 g/mol. The van der Waals surface area contributed by atoms with Crippen LogP contribution in [0.1, 0.15) is 22.0 Å². The van der Waals surface area contributed by atoms with Gasteiger partial charge in [0.1, 0.15) is 5.52 Å². The average molecular weight is 494 g/mol. The lowest BCUT2D eigenvalue weighted by Gasteiger charge is -2.23. The molecular formula is C25H24ClN5O4. The molecule has 0 saturated carbocycles. The molecule has 1 unspecified atom stereocenters. The second-order valence-electron chi connectivity index (χ2n) is 8.05. The van der Waals surface area contributed by atoms with Crippen molar-refractivity contribution in [1.82, 2.24) is 20.3 Å². The maximum atomic E-state index is 13.2. The van der Waals surface area contributed by atoms with Gasteiger partial charge in [-0.2, -0.15) is 0 Å². The zero-order valence-corrected chi connectivity index (χ0v) is 20.2. The Labute approximate surface area is 206 Å². The number of fused-ring (bicyclic) bond motifs is 2. The molecule has 5 rings (SSSR count). The highest BCUT2D eigenvalue weighted by Gasteiger charge is 2.33. The largest absolute Gasteiger partial charge is 0.493 e. The number of nitrogens with one attached hydrogen (secondary N) is 3. The first-order valence-electron chi connectivity index (χ1n) is 11.0. The number of benzene rings is 1. The third kappa shape index (κ3) is 4.02. The molecule has 3 N–H and O–H groups in total. The minimum atomic E-state index is -0.192. The third-order valence-electron chi connectivity index (χ3n) is 6.01. The third-order valence-corrected chi connectivity index (χ3v) is 6.31. The number of hydrogen-bond acceptors (Lipinski definition) is 7. The van der Waals surface area contributed by atoms with Crippen LogP contribution in [0.5, 0.6) is 11.6 Å². The van der Waals surface area contributed by atoms with Crippen molar-refractivity contribution in [3.8, 4) is 22.9 Å². The first-order valence-corrected chi connectivity index (χ1v) is 11.4. The molecule has 9 nitrogen and oxygen atoms in total. The lowest BCUT2D eigenvalue weighted by Crippen LogP contribution is -2.36. The van der Waals surface area contributed by atoms with Crippen LogP contribution in [0.3, 0.4) is 0 Å². The molecule has 0 bridgehead atoms. The van der Waals surface area contributed by atoms with Gasteiger partial charge in [-0.05, 0) is 24.3 Å². The van der Waals surface area contributed by atoms with Crippen LogP contribution in [0.4, 0.5) is 11.4 Å². The Kier molecular flexibility index (Phi) is 6.19. The summed E-state index contributed by atoms with van der Waals surface area (Å²) in [6.07, 6.45) is 1.71. The summed E-state index contributed by atoms with van der Waals surface area (Å²) in [5, 5.41) is 6.83. The number of anilines is 2. The molecule has 1 aromatic carbocycles. The van der Waals surface area contributed by atoms with Gasteiger partial charge >= 0.3 is 0 Å². The summed E-state index contributed by atoms with van der Waals surface area (Å²) in [4.78, 5) is 25.7. The highest BCUT2D eigenvalue weighted by Crippen LogP contribution is 2.43. The van der Waals surface area contributed by atoms with Crippen molar-refractivity contribution in [1.29, 1.82) is 0 Å². The number of hydrogen-bond donors (Lipinski definition) is 3. The van der Waals surface area contributed by atoms with E-state index in [0.29, 0.717) is 63.5 Å². The molecule has 0 aliphatic carbocycles. The van der Waals surface area contributed by atoms with Crippen LogP contribution in [0.15, 0.2) is 42.6 Å². The van der Waals surface area contributed by atoms with Crippen LogP contribution in [0, 0.1) is 0 Å². The van der Waals surface area contributed by atoms with Crippen molar-refractivity contribution >= 4 is 39.9 Å². The van der Waals surface area contributed by atoms with Crippen LogP contribution in [-0.2, 0) is 4.74 Å². The molecule has 3 aromatic heterocycles. The minimum Gasteiger partial charge on any atom is -0.493 e. The number of ether oxygens (including phenoxy) is 3. The van der Waals surface area contributed by atoms with E-state index in [9.17, 15) is 4.79 Å². The predicted molar refractivity (Wildman–Crippen MR) is 134 cm³/mol. The van der Waals surface area contributed by atoms with Gasteiger partial charge in [-0.3, -0.25) is 9.78 Å². The van der Waals surface area contributed by atoms with E-state index < -0.39 is 0 Å². The zero-order chi connectivity index (χ0) is 24.5. The molecule has 0 radical (unpaired) electrons. The van der Waals surface area contributed by atoms with Gasteiger partial charge in [0.05, 0.1) is 54.0 Å². The van der Waals surface area contributed by atoms with Crippen LogP contribution >= 0.6 is 11.6 Å². The van der Waals surface area contributed by atoms with E-state index in [2.05, 4.69) is 25.6 Å². The van der Waals surface area contributed by atoms with E-state index in [1.54, 1.807) is 39.7 Å². The Hall–Kier alpha value is -3.82. The molecule has 180 valence electrons. The number of rotatable bonds is 7. The number of carbonyl (C=O) groups is 1. The molecule has 35 heavy (non-hydrogen) atoms. The molecule has 1 atom stereocenters. The molecule has 1 aliphatic heterocycles. The van der Waals surface area contributed by atoms with E-state index >= 15 is 0 Å². The van der Waals surface area contributed by atoms with Crippen LogP contribution in [0.25, 0.3) is 22.3 Å². The number of methoxy groups -OCH3 is 3. The smallest absolute Gasteiger partial charge is 0.255 e. The fraction of sp³-hybridized carbons (Fsp3) is 0.240. The molecule has 0 fully saturated rings. The standard InChI is InChI=1S/C25H24ClN5O4/c1-33-12-13-11-28-25(32)19-20(13)31-22(23(19)29-17-6-4-5-15(26)24(17)35-3)14-9-10-27-16-7-8-18(34-2)30-21(14)16/h4-10,13,29,31H,11-12H2,1-3H3,(H,28,32). The number of halogens is 1. The SMILES string of the molecule is COCC1CNC(=O)c2c1[nH]c(-c1ccnc3ccc(OC)nc13)c2Nc1cccc(Cl)c1OC. The Morgan fingerprint density at radius 2 is 2.00 bits per heavy atom. The molecule has 4 aromatic rings. The fourth-order valence-electron chi connectivity index (χ4n) is 4.41. The lowest BCUT2D eigenvalue weighted by molar-refractivity contribution is 0.0925. The van der Waals surface area contributed by atoms with E-state index in [0.717, 1.165) is 11.3 Å². The van der Waals surface area contributed by atoms with Gasteiger partial charge in [0.2, 0.25) is 5.88 Å². The Bertz CT molecular complexity index is 1420. The second kappa shape index (κ2) is 9.44. The number of amides is 1. The van der Waals surface area contributed by atoms with Crippen molar-refractivity contribution in [2.75, 3.05) is 39.8 Å². The van der Waals surface area contributed by atoms with Crippen LogP contribution < -0.4 is 20.1 Å². The Morgan fingerprint density at radius 1 is 1.14 bits per heavy atom. The van der Waals surface area contributed by atoms with Gasteiger partial charge in [-0.1, -0.05) is 17.7 Å². The molecule has 10 heteroatoms. The minimum absolute atomic E-state index is 0.0566. The number of carbonyl (C=O) groups excluding carboxylic acids is 1. The number of aromatic amines is 1. The number of pyridine rings is 2. The van der Waals surface area contributed by atoms with Gasteiger partial charge in [-0.15, -0.1) is 0 Å². The van der Waals surface area contributed by atoms with Gasteiger partial charge < -0.3 is 29.8 Å². The van der Waals surface area contributed by atoms with Crippen molar-refractivity contribution < 1.29 is 19.0 Å². The summed E-state index contributed by atoms with van der Waals surface area (Å²) in [5.41, 5.74) is 5.25. The maximum absolute atomic E-state index is 13.2. The normalized spacial score (nSPS) is 15.0. The van der Waals surface area contributed by atoms with Crippen molar-refractivity contribution in [3.05, 3.63) is 58.9 Å². The van der Waals surface area contributed by atoms with Gasteiger partial charge in [0.15, 0.2) is 5.75 Å². The van der Waals surface area contributed by atoms with Crippen LogP contribution in [-0.4, -0.2) is 55.3 Å². The fourth-order valence-corrected chi connectivity index (χ4v) is 4.66.